The first kappa shape index (κ1) is 13.2. The van der Waals surface area contributed by atoms with Crippen molar-refractivity contribution >= 4 is 23.3 Å². The van der Waals surface area contributed by atoms with Gasteiger partial charge in [-0.15, -0.1) is 0 Å². The lowest BCUT2D eigenvalue weighted by Gasteiger charge is -2.11. The van der Waals surface area contributed by atoms with Gasteiger partial charge in [-0.25, -0.2) is 4.79 Å². The van der Waals surface area contributed by atoms with Crippen LogP contribution in [0.5, 0.6) is 11.5 Å². The van der Waals surface area contributed by atoms with Crippen LogP contribution in [0.3, 0.4) is 0 Å². The van der Waals surface area contributed by atoms with E-state index in [1.807, 2.05) is 13.0 Å². The number of aromatic carboxylic acids is 1. The van der Waals surface area contributed by atoms with E-state index < -0.39 is 5.97 Å². The molecule has 0 fully saturated rings. The minimum atomic E-state index is -1.10. The standard InChI is InChI=1S/C14H12ClNO3/c1-8-5-6-11(10(16)7-8)19-12-4-2-3-9(13(12)15)14(17)18/h2-7H,16H2,1H3,(H,17,18). The van der Waals surface area contributed by atoms with E-state index >= 15 is 0 Å². The lowest BCUT2D eigenvalue weighted by molar-refractivity contribution is 0.0696. The third kappa shape index (κ3) is 2.80. The number of benzene rings is 2. The summed E-state index contributed by atoms with van der Waals surface area (Å²) in [6.45, 7) is 1.91. The molecule has 2 aromatic rings. The Labute approximate surface area is 115 Å². The minimum Gasteiger partial charge on any atom is -0.478 e. The van der Waals surface area contributed by atoms with Crippen LogP contribution in [-0.4, -0.2) is 11.1 Å². The Bertz CT molecular complexity index is 641. The lowest BCUT2D eigenvalue weighted by atomic mass is 10.2. The van der Waals surface area contributed by atoms with Gasteiger partial charge in [-0.1, -0.05) is 23.7 Å². The summed E-state index contributed by atoms with van der Waals surface area (Å²) >= 11 is 5.99. The Morgan fingerprint density at radius 2 is 2.00 bits per heavy atom. The SMILES string of the molecule is Cc1ccc(Oc2cccc(C(=O)O)c2Cl)c(N)c1. The maximum Gasteiger partial charge on any atom is 0.337 e. The van der Waals surface area contributed by atoms with Crippen LogP contribution in [0, 0.1) is 6.92 Å². The first-order valence-electron chi connectivity index (χ1n) is 5.55. The topological polar surface area (TPSA) is 72.5 Å². The van der Waals surface area contributed by atoms with Gasteiger partial charge in [0.25, 0.3) is 0 Å². The van der Waals surface area contributed by atoms with Crippen LogP contribution in [-0.2, 0) is 0 Å². The number of carbonyl (C=O) groups is 1. The zero-order valence-electron chi connectivity index (χ0n) is 10.2. The Morgan fingerprint density at radius 3 is 2.63 bits per heavy atom. The molecule has 0 amide bonds. The van der Waals surface area contributed by atoms with Crippen LogP contribution in [0.4, 0.5) is 5.69 Å². The van der Waals surface area contributed by atoms with Crippen LogP contribution in [0.25, 0.3) is 0 Å². The van der Waals surface area contributed by atoms with Crippen molar-refractivity contribution in [3.63, 3.8) is 0 Å². The molecule has 0 aromatic heterocycles. The van der Waals surface area contributed by atoms with Crippen molar-refractivity contribution in [1.29, 1.82) is 0 Å². The molecule has 0 aliphatic heterocycles. The summed E-state index contributed by atoms with van der Waals surface area (Å²) in [7, 11) is 0. The number of rotatable bonds is 3. The average Bonchev–Trinajstić information content (AvgIpc) is 2.34. The zero-order valence-corrected chi connectivity index (χ0v) is 10.9. The summed E-state index contributed by atoms with van der Waals surface area (Å²) in [6, 6.07) is 9.90. The third-order valence-corrected chi connectivity index (χ3v) is 2.97. The number of nitrogen functional groups attached to an aromatic ring is 1. The van der Waals surface area contributed by atoms with E-state index in [1.165, 1.54) is 6.07 Å². The molecule has 5 heteroatoms. The maximum atomic E-state index is 11.0. The van der Waals surface area contributed by atoms with Crippen molar-refractivity contribution in [3.8, 4) is 11.5 Å². The second kappa shape index (κ2) is 5.20. The normalized spacial score (nSPS) is 10.2. The number of carboxylic acid groups (broad SMARTS) is 1. The molecular formula is C14H12ClNO3. The fraction of sp³-hybridized carbons (Fsp3) is 0.0714. The van der Waals surface area contributed by atoms with E-state index in [-0.39, 0.29) is 16.3 Å². The lowest BCUT2D eigenvalue weighted by Crippen LogP contribution is -1.99. The highest BCUT2D eigenvalue weighted by molar-refractivity contribution is 6.35. The molecule has 0 aliphatic rings. The molecule has 2 rings (SSSR count). The molecule has 0 radical (unpaired) electrons. The highest BCUT2D eigenvalue weighted by atomic mass is 35.5. The molecule has 0 bridgehead atoms. The Morgan fingerprint density at radius 1 is 1.26 bits per heavy atom. The van der Waals surface area contributed by atoms with Gasteiger partial charge in [0.15, 0.2) is 0 Å². The Kier molecular flexibility index (Phi) is 3.62. The van der Waals surface area contributed by atoms with Crippen molar-refractivity contribution in [3.05, 3.63) is 52.5 Å². The summed E-state index contributed by atoms with van der Waals surface area (Å²) in [5.41, 5.74) is 7.30. The molecule has 0 spiro atoms. The molecule has 19 heavy (non-hydrogen) atoms. The summed E-state index contributed by atoms with van der Waals surface area (Å²) < 4.78 is 5.57. The van der Waals surface area contributed by atoms with Crippen molar-refractivity contribution in [2.75, 3.05) is 5.73 Å². The molecule has 4 nitrogen and oxygen atoms in total. The van der Waals surface area contributed by atoms with E-state index in [1.54, 1.807) is 24.3 Å². The van der Waals surface area contributed by atoms with E-state index in [0.717, 1.165) is 5.56 Å². The quantitative estimate of drug-likeness (QED) is 0.839. The fourth-order valence-electron chi connectivity index (χ4n) is 1.63. The molecule has 98 valence electrons. The summed E-state index contributed by atoms with van der Waals surface area (Å²) in [5, 5.41) is 9.03. The molecule has 0 unspecified atom stereocenters. The molecule has 0 saturated carbocycles. The highest BCUT2D eigenvalue weighted by Gasteiger charge is 2.14. The molecule has 0 aliphatic carbocycles. The minimum absolute atomic E-state index is 0.00940. The first-order valence-corrected chi connectivity index (χ1v) is 5.92. The van der Waals surface area contributed by atoms with Crippen molar-refractivity contribution < 1.29 is 14.6 Å². The predicted octanol–water partition coefficient (Wildman–Crippen LogP) is 3.72. The number of carboxylic acids is 1. The Balaban J connectivity index is 2.38. The van der Waals surface area contributed by atoms with Gasteiger partial charge in [-0.3, -0.25) is 0 Å². The zero-order chi connectivity index (χ0) is 14.0. The maximum absolute atomic E-state index is 11.0. The van der Waals surface area contributed by atoms with E-state index in [4.69, 9.17) is 27.2 Å². The second-order valence-electron chi connectivity index (χ2n) is 4.07. The predicted molar refractivity (Wildman–Crippen MR) is 74.1 cm³/mol. The van der Waals surface area contributed by atoms with E-state index in [9.17, 15) is 4.79 Å². The number of ether oxygens (including phenoxy) is 1. The molecule has 0 heterocycles. The first-order chi connectivity index (χ1) is 8.99. The van der Waals surface area contributed by atoms with Gasteiger partial charge < -0.3 is 15.6 Å². The van der Waals surface area contributed by atoms with Crippen LogP contribution in [0.15, 0.2) is 36.4 Å². The van der Waals surface area contributed by atoms with Gasteiger partial charge >= 0.3 is 5.97 Å². The van der Waals surface area contributed by atoms with Gasteiger partial charge in [0, 0.05) is 0 Å². The van der Waals surface area contributed by atoms with Crippen molar-refractivity contribution in [1.82, 2.24) is 0 Å². The molecule has 0 saturated heterocycles. The monoisotopic (exact) mass is 277 g/mol. The summed E-state index contributed by atoms with van der Waals surface area (Å²) in [4.78, 5) is 11.0. The number of hydrogen-bond acceptors (Lipinski definition) is 3. The Hall–Kier alpha value is -2.20. The van der Waals surface area contributed by atoms with Gasteiger partial charge in [0.1, 0.15) is 11.5 Å². The smallest absolute Gasteiger partial charge is 0.337 e. The number of halogens is 1. The molecular weight excluding hydrogens is 266 g/mol. The molecule has 3 N–H and O–H groups in total. The largest absolute Gasteiger partial charge is 0.478 e. The molecule has 2 aromatic carbocycles. The van der Waals surface area contributed by atoms with Crippen LogP contribution >= 0.6 is 11.6 Å². The van der Waals surface area contributed by atoms with Crippen LogP contribution < -0.4 is 10.5 Å². The van der Waals surface area contributed by atoms with Gasteiger partial charge in [0.2, 0.25) is 0 Å². The third-order valence-electron chi connectivity index (χ3n) is 2.58. The van der Waals surface area contributed by atoms with Crippen LogP contribution in [0.1, 0.15) is 15.9 Å². The van der Waals surface area contributed by atoms with Crippen molar-refractivity contribution in [2.45, 2.75) is 6.92 Å². The van der Waals surface area contributed by atoms with E-state index in [2.05, 4.69) is 0 Å². The van der Waals surface area contributed by atoms with Gasteiger partial charge in [-0.05, 0) is 36.8 Å². The van der Waals surface area contributed by atoms with E-state index in [0.29, 0.717) is 11.4 Å². The fourth-order valence-corrected chi connectivity index (χ4v) is 1.88. The number of anilines is 1. The number of hydrogen-bond donors (Lipinski definition) is 2. The number of aryl methyl sites for hydroxylation is 1. The summed E-state index contributed by atoms with van der Waals surface area (Å²) in [5.74, 6) is -0.403. The van der Waals surface area contributed by atoms with Crippen molar-refractivity contribution in [2.24, 2.45) is 0 Å². The van der Waals surface area contributed by atoms with Crippen LogP contribution in [0.2, 0.25) is 5.02 Å². The second-order valence-corrected chi connectivity index (χ2v) is 4.44. The van der Waals surface area contributed by atoms with Gasteiger partial charge in [0.05, 0.1) is 16.3 Å². The molecule has 0 atom stereocenters. The summed E-state index contributed by atoms with van der Waals surface area (Å²) in [6.07, 6.45) is 0. The average molecular weight is 278 g/mol. The highest BCUT2D eigenvalue weighted by Crippen LogP contribution is 2.34. The number of nitrogens with two attached hydrogens (primary N) is 1. The van der Waals surface area contributed by atoms with Gasteiger partial charge in [-0.2, -0.15) is 0 Å².